The number of rotatable bonds is 5. The summed E-state index contributed by atoms with van der Waals surface area (Å²) < 4.78 is 5.35. The maximum absolute atomic E-state index is 9.18. The molecule has 100 valence electrons. The molecule has 0 saturated carbocycles. The summed E-state index contributed by atoms with van der Waals surface area (Å²) in [4.78, 5) is 4.14. The second-order valence-electron chi connectivity index (χ2n) is 4.35. The van der Waals surface area contributed by atoms with E-state index in [0.29, 0.717) is 6.54 Å². The number of nitrogens with one attached hydrogen (secondary N) is 1. The highest BCUT2D eigenvalue weighted by Gasteiger charge is 2.10. The van der Waals surface area contributed by atoms with Gasteiger partial charge in [0.2, 0.25) is 0 Å². The molecule has 2 N–H and O–H groups in total. The first kappa shape index (κ1) is 13.4. The topological polar surface area (TPSA) is 54.4 Å². The van der Waals surface area contributed by atoms with Crippen molar-refractivity contribution in [2.75, 3.05) is 7.11 Å². The molecule has 0 aliphatic carbocycles. The molecule has 0 amide bonds. The van der Waals surface area contributed by atoms with E-state index in [4.69, 9.17) is 4.74 Å². The third kappa shape index (κ3) is 3.45. The number of pyridine rings is 1. The lowest BCUT2D eigenvalue weighted by Gasteiger charge is -2.17. The van der Waals surface area contributed by atoms with Gasteiger partial charge in [-0.05, 0) is 25.1 Å². The van der Waals surface area contributed by atoms with Crippen molar-refractivity contribution in [2.24, 2.45) is 0 Å². The van der Waals surface area contributed by atoms with E-state index in [1.54, 1.807) is 19.2 Å². The second kappa shape index (κ2) is 6.20. The van der Waals surface area contributed by atoms with Crippen LogP contribution in [0.25, 0.3) is 0 Å². The van der Waals surface area contributed by atoms with Crippen molar-refractivity contribution in [1.82, 2.24) is 10.3 Å². The fourth-order valence-corrected chi connectivity index (χ4v) is 1.91. The Morgan fingerprint density at radius 2 is 2.05 bits per heavy atom. The monoisotopic (exact) mass is 258 g/mol. The summed E-state index contributed by atoms with van der Waals surface area (Å²) in [6, 6.07) is 11.5. The first-order chi connectivity index (χ1) is 9.20. The predicted molar refractivity (Wildman–Crippen MR) is 74.2 cm³/mol. The molecule has 4 nitrogen and oxygen atoms in total. The second-order valence-corrected chi connectivity index (χ2v) is 4.35. The van der Waals surface area contributed by atoms with Crippen LogP contribution in [0.3, 0.4) is 0 Å². The number of nitrogens with zero attached hydrogens (tertiary/aromatic N) is 1. The fourth-order valence-electron chi connectivity index (χ4n) is 1.91. The van der Waals surface area contributed by atoms with Gasteiger partial charge in [-0.2, -0.15) is 0 Å². The van der Waals surface area contributed by atoms with E-state index in [1.165, 1.54) is 6.20 Å². The molecule has 4 heteroatoms. The molecule has 1 aromatic carbocycles. The van der Waals surface area contributed by atoms with Crippen LogP contribution >= 0.6 is 0 Å². The smallest absolute Gasteiger partial charge is 0.133 e. The van der Waals surface area contributed by atoms with E-state index in [0.717, 1.165) is 17.0 Å². The highest BCUT2D eigenvalue weighted by Crippen LogP contribution is 2.24. The Kier molecular flexibility index (Phi) is 4.36. The number of para-hydroxylation sites is 1. The van der Waals surface area contributed by atoms with Crippen molar-refractivity contribution in [3.63, 3.8) is 0 Å². The van der Waals surface area contributed by atoms with Crippen LogP contribution in [0, 0.1) is 0 Å². The largest absolute Gasteiger partial charge is 0.506 e. The Balaban J connectivity index is 2.01. The lowest BCUT2D eigenvalue weighted by Crippen LogP contribution is -2.19. The highest BCUT2D eigenvalue weighted by molar-refractivity contribution is 5.35. The minimum absolute atomic E-state index is 0.159. The summed E-state index contributed by atoms with van der Waals surface area (Å²) in [7, 11) is 1.67. The van der Waals surface area contributed by atoms with Crippen LogP contribution in [0.4, 0.5) is 0 Å². The van der Waals surface area contributed by atoms with Crippen LogP contribution in [-0.2, 0) is 6.54 Å². The van der Waals surface area contributed by atoms with Gasteiger partial charge >= 0.3 is 0 Å². The molecule has 2 rings (SSSR count). The van der Waals surface area contributed by atoms with Gasteiger partial charge in [0.15, 0.2) is 0 Å². The van der Waals surface area contributed by atoms with Gasteiger partial charge in [-0.1, -0.05) is 18.2 Å². The predicted octanol–water partition coefficient (Wildman–Crippen LogP) is 2.65. The molecule has 0 bridgehead atoms. The number of aromatic hydroxyl groups is 1. The van der Waals surface area contributed by atoms with Gasteiger partial charge in [-0.25, -0.2) is 0 Å². The summed E-state index contributed by atoms with van der Waals surface area (Å²) in [6.07, 6.45) is 1.45. The fraction of sp³-hybridized carbons (Fsp3) is 0.267. The number of aromatic nitrogens is 1. The molecule has 2 aromatic rings. The van der Waals surface area contributed by atoms with Crippen molar-refractivity contribution < 1.29 is 9.84 Å². The summed E-state index contributed by atoms with van der Waals surface area (Å²) in [5.74, 6) is 1.06. The Bertz CT molecular complexity index is 526. The average Bonchev–Trinajstić information content (AvgIpc) is 2.46. The highest BCUT2D eigenvalue weighted by atomic mass is 16.5. The molecule has 0 spiro atoms. The quantitative estimate of drug-likeness (QED) is 0.865. The first-order valence-electron chi connectivity index (χ1n) is 6.21. The van der Waals surface area contributed by atoms with Crippen LogP contribution < -0.4 is 10.1 Å². The number of hydrogen-bond donors (Lipinski definition) is 2. The number of benzene rings is 1. The van der Waals surface area contributed by atoms with E-state index < -0.39 is 0 Å². The first-order valence-corrected chi connectivity index (χ1v) is 6.21. The van der Waals surface area contributed by atoms with Crippen LogP contribution in [-0.4, -0.2) is 17.2 Å². The van der Waals surface area contributed by atoms with E-state index >= 15 is 0 Å². The van der Waals surface area contributed by atoms with E-state index in [2.05, 4.69) is 17.2 Å². The number of methoxy groups -OCH3 is 1. The summed E-state index contributed by atoms with van der Waals surface area (Å²) in [5, 5.41) is 12.6. The van der Waals surface area contributed by atoms with Crippen molar-refractivity contribution in [1.29, 1.82) is 0 Å². The maximum Gasteiger partial charge on any atom is 0.133 e. The number of hydrogen-bond acceptors (Lipinski definition) is 4. The molecule has 1 unspecified atom stereocenters. The zero-order valence-electron chi connectivity index (χ0n) is 11.1. The van der Waals surface area contributed by atoms with Gasteiger partial charge in [0.25, 0.3) is 0 Å². The summed E-state index contributed by atoms with van der Waals surface area (Å²) >= 11 is 0. The van der Waals surface area contributed by atoms with Gasteiger partial charge in [-0.3, -0.25) is 4.98 Å². The zero-order valence-corrected chi connectivity index (χ0v) is 11.1. The van der Waals surface area contributed by atoms with Crippen molar-refractivity contribution in [3.05, 3.63) is 53.9 Å². The minimum atomic E-state index is 0.159. The van der Waals surface area contributed by atoms with Crippen LogP contribution in [0.5, 0.6) is 11.5 Å². The maximum atomic E-state index is 9.18. The van der Waals surface area contributed by atoms with Gasteiger partial charge in [0.1, 0.15) is 11.5 Å². The van der Waals surface area contributed by atoms with Crippen molar-refractivity contribution >= 4 is 0 Å². The Labute approximate surface area is 113 Å². The Hall–Kier alpha value is -2.07. The molecule has 1 atom stereocenters. The van der Waals surface area contributed by atoms with Crippen LogP contribution in [0.2, 0.25) is 0 Å². The lowest BCUT2D eigenvalue weighted by molar-refractivity contribution is 0.401. The molecule has 0 aliphatic rings. The zero-order chi connectivity index (χ0) is 13.7. The lowest BCUT2D eigenvalue weighted by atomic mass is 10.1. The summed E-state index contributed by atoms with van der Waals surface area (Å²) in [6.45, 7) is 2.72. The molecule has 1 heterocycles. The Morgan fingerprint density at radius 3 is 2.74 bits per heavy atom. The third-order valence-electron chi connectivity index (χ3n) is 3.00. The van der Waals surface area contributed by atoms with Gasteiger partial charge < -0.3 is 15.2 Å². The van der Waals surface area contributed by atoms with Crippen molar-refractivity contribution in [2.45, 2.75) is 19.5 Å². The number of ether oxygens (including phenoxy) is 1. The molecule has 0 saturated heterocycles. The van der Waals surface area contributed by atoms with E-state index in [1.807, 2.05) is 24.3 Å². The molecule has 19 heavy (non-hydrogen) atoms. The molecular formula is C15H18N2O2. The molecule has 1 aromatic heterocycles. The van der Waals surface area contributed by atoms with Gasteiger partial charge in [-0.15, -0.1) is 0 Å². The summed E-state index contributed by atoms with van der Waals surface area (Å²) in [5.41, 5.74) is 2.00. The molecule has 0 aliphatic heterocycles. The van der Waals surface area contributed by atoms with E-state index in [-0.39, 0.29) is 11.8 Å². The SMILES string of the molecule is COc1ccccc1C(C)NCc1ccc(O)cn1. The molecule has 0 fully saturated rings. The van der Waals surface area contributed by atoms with Gasteiger partial charge in [0, 0.05) is 18.2 Å². The van der Waals surface area contributed by atoms with Crippen LogP contribution in [0.15, 0.2) is 42.6 Å². The van der Waals surface area contributed by atoms with Crippen LogP contribution in [0.1, 0.15) is 24.2 Å². The molecular weight excluding hydrogens is 240 g/mol. The normalized spacial score (nSPS) is 12.1. The molecule has 0 radical (unpaired) electrons. The average molecular weight is 258 g/mol. The minimum Gasteiger partial charge on any atom is -0.506 e. The van der Waals surface area contributed by atoms with E-state index in [9.17, 15) is 5.11 Å². The van der Waals surface area contributed by atoms with Crippen molar-refractivity contribution in [3.8, 4) is 11.5 Å². The van der Waals surface area contributed by atoms with Gasteiger partial charge in [0.05, 0.1) is 19.0 Å². The standard InChI is InChI=1S/C15H18N2O2/c1-11(14-5-3-4-6-15(14)19-2)16-9-12-7-8-13(18)10-17-12/h3-8,10-11,16,18H,9H2,1-2H3. The third-order valence-corrected chi connectivity index (χ3v) is 3.00. The Morgan fingerprint density at radius 1 is 1.26 bits per heavy atom.